The molecule has 5 rings (SSSR count). The highest BCUT2D eigenvalue weighted by molar-refractivity contribution is 5.71. The second-order valence-electron chi connectivity index (χ2n) is 13.7. The van der Waals surface area contributed by atoms with Gasteiger partial charge in [-0.15, -0.1) is 0 Å². The molecule has 2 fully saturated rings. The second-order valence-corrected chi connectivity index (χ2v) is 13.7. The van der Waals surface area contributed by atoms with Gasteiger partial charge in [0, 0.05) is 54.0 Å². The molecule has 9 atom stereocenters. The minimum Gasteiger partial charge on any atom is -0.507 e. The SMILES string of the molecule is CC(=O)Oc1ccc(C2CCc3c(O)c([C@H]4OC[C@@H](OC(C)=O)[C@@H](OC(C)=O)[C@@H]4OC(C)=O)c(O)c([C@H]4OC[C@@H](OC(C)=O)[C@@H](OC(C)=O)[C@@H]4OC(C)=O)c3O2)cc1. The van der Waals surface area contributed by atoms with E-state index >= 15 is 0 Å². The fraction of sp³-hybridized carbons (Fsp3) is 0.513. The first-order valence-electron chi connectivity index (χ1n) is 18.2. The molecule has 0 radical (unpaired) electrons. The Bertz CT molecular complexity index is 1940. The van der Waals surface area contributed by atoms with Gasteiger partial charge in [-0.2, -0.15) is 0 Å². The van der Waals surface area contributed by atoms with Crippen LogP contribution in [0.3, 0.4) is 0 Å². The van der Waals surface area contributed by atoms with Crippen molar-refractivity contribution in [2.75, 3.05) is 13.2 Å². The Kier molecular flexibility index (Phi) is 13.5. The third-order valence-corrected chi connectivity index (χ3v) is 9.27. The van der Waals surface area contributed by atoms with Crippen LogP contribution < -0.4 is 9.47 Å². The lowest BCUT2D eigenvalue weighted by molar-refractivity contribution is -0.228. The Morgan fingerprint density at radius 3 is 1.41 bits per heavy atom. The third-order valence-electron chi connectivity index (χ3n) is 9.27. The Morgan fingerprint density at radius 2 is 0.983 bits per heavy atom. The molecule has 0 aliphatic carbocycles. The van der Waals surface area contributed by atoms with Crippen LogP contribution >= 0.6 is 0 Å². The van der Waals surface area contributed by atoms with E-state index < -0.39 is 127 Å². The summed E-state index contributed by atoms with van der Waals surface area (Å²) >= 11 is 0. The number of phenols is 2. The normalized spacial score (nSPS) is 26.4. The molecular formula is C39H44O19. The fourth-order valence-electron chi connectivity index (χ4n) is 7.30. The molecule has 3 aliphatic heterocycles. The highest BCUT2D eigenvalue weighted by Gasteiger charge is 2.53. The maximum atomic E-state index is 12.7. The van der Waals surface area contributed by atoms with Crippen LogP contribution in [0.1, 0.15) is 95.5 Å². The van der Waals surface area contributed by atoms with Crippen molar-refractivity contribution in [2.45, 2.75) is 116 Å². The summed E-state index contributed by atoms with van der Waals surface area (Å²) in [5, 5.41) is 24.5. The minimum atomic E-state index is -1.64. The molecule has 0 saturated carbocycles. The number of hydrogen-bond acceptors (Lipinski definition) is 19. The minimum absolute atomic E-state index is 0.0562. The molecule has 0 bridgehead atoms. The van der Waals surface area contributed by atoms with Crippen LogP contribution in [0.4, 0.5) is 0 Å². The number of ether oxygens (including phenoxy) is 10. The number of rotatable bonds is 10. The molecular weight excluding hydrogens is 772 g/mol. The molecule has 3 heterocycles. The second kappa shape index (κ2) is 18.1. The lowest BCUT2D eigenvalue weighted by Crippen LogP contribution is -2.54. The molecule has 0 amide bonds. The molecule has 2 N–H and O–H groups in total. The van der Waals surface area contributed by atoms with Gasteiger partial charge < -0.3 is 57.6 Å². The van der Waals surface area contributed by atoms with Gasteiger partial charge in [0.2, 0.25) is 0 Å². The number of carbonyl (C=O) groups is 7. The predicted molar refractivity (Wildman–Crippen MR) is 190 cm³/mol. The van der Waals surface area contributed by atoms with Gasteiger partial charge in [-0.1, -0.05) is 12.1 Å². The van der Waals surface area contributed by atoms with E-state index in [1.807, 2.05) is 0 Å². The summed E-state index contributed by atoms with van der Waals surface area (Å²) in [7, 11) is 0. The number of esters is 7. The summed E-state index contributed by atoms with van der Waals surface area (Å²) < 4.78 is 56.9. The summed E-state index contributed by atoms with van der Waals surface area (Å²) in [5.74, 6) is -6.78. The van der Waals surface area contributed by atoms with Gasteiger partial charge in [0.1, 0.15) is 41.3 Å². The van der Waals surface area contributed by atoms with E-state index in [9.17, 15) is 43.8 Å². The summed E-state index contributed by atoms with van der Waals surface area (Å²) in [6.07, 6.45) is -12.5. The molecule has 2 aromatic carbocycles. The third kappa shape index (κ3) is 9.76. The number of fused-ring (bicyclic) bond motifs is 1. The number of aromatic hydroxyl groups is 2. The highest BCUT2D eigenvalue weighted by Crippen LogP contribution is 2.56. The van der Waals surface area contributed by atoms with Gasteiger partial charge in [-0.3, -0.25) is 33.6 Å². The van der Waals surface area contributed by atoms with Gasteiger partial charge in [0.15, 0.2) is 36.6 Å². The summed E-state index contributed by atoms with van der Waals surface area (Å²) in [6, 6.07) is 6.39. The zero-order valence-electron chi connectivity index (χ0n) is 32.7. The smallest absolute Gasteiger partial charge is 0.308 e. The van der Waals surface area contributed by atoms with Gasteiger partial charge in [-0.25, -0.2) is 0 Å². The van der Waals surface area contributed by atoms with E-state index in [1.165, 1.54) is 6.92 Å². The maximum Gasteiger partial charge on any atom is 0.308 e. The molecule has 19 nitrogen and oxygen atoms in total. The number of hydrogen-bond donors (Lipinski definition) is 2. The monoisotopic (exact) mass is 816 g/mol. The molecule has 2 aromatic rings. The maximum absolute atomic E-state index is 12.7. The number of carbonyl (C=O) groups excluding carboxylic acids is 7. The molecule has 3 aliphatic rings. The van der Waals surface area contributed by atoms with Gasteiger partial charge >= 0.3 is 41.8 Å². The Labute approximate surface area is 331 Å². The predicted octanol–water partition coefficient (Wildman–Crippen LogP) is 2.82. The first kappa shape index (κ1) is 43.2. The zero-order valence-corrected chi connectivity index (χ0v) is 32.7. The van der Waals surface area contributed by atoms with Gasteiger partial charge in [-0.05, 0) is 30.5 Å². The van der Waals surface area contributed by atoms with Crippen LogP contribution in [0.15, 0.2) is 24.3 Å². The van der Waals surface area contributed by atoms with E-state index in [2.05, 4.69) is 0 Å². The van der Waals surface area contributed by atoms with Crippen molar-refractivity contribution in [1.82, 2.24) is 0 Å². The highest BCUT2D eigenvalue weighted by atomic mass is 16.7. The summed E-state index contributed by atoms with van der Waals surface area (Å²) in [5.41, 5.74) is 0.0337. The van der Waals surface area contributed by atoms with E-state index in [4.69, 9.17) is 47.4 Å². The van der Waals surface area contributed by atoms with Crippen molar-refractivity contribution < 1.29 is 91.1 Å². The van der Waals surface area contributed by atoms with Crippen molar-refractivity contribution in [3.63, 3.8) is 0 Å². The fourth-order valence-corrected chi connectivity index (χ4v) is 7.30. The Hall–Kier alpha value is -5.95. The number of benzene rings is 2. The Balaban J connectivity index is 1.73. The van der Waals surface area contributed by atoms with Crippen LogP contribution in [0.25, 0.3) is 0 Å². The lowest BCUT2D eigenvalue weighted by Gasteiger charge is -2.43. The molecule has 1 unspecified atom stereocenters. The zero-order chi connectivity index (χ0) is 42.6. The topological polar surface area (TPSA) is 252 Å². The quantitative estimate of drug-likeness (QED) is 0.199. The van der Waals surface area contributed by atoms with E-state index in [1.54, 1.807) is 24.3 Å². The molecule has 2 saturated heterocycles. The lowest BCUT2D eigenvalue weighted by atomic mass is 9.83. The first-order chi connectivity index (χ1) is 27.4. The molecule has 19 heteroatoms. The standard InChI is InChI=1S/C39H44O19/c1-16(40)51-24-10-8-23(9-11-24)26-13-12-25-31(47)29(36-38(56-21(6)45)34(54-19(4)43)27(14-49-36)52-17(2)41)32(48)30(33(25)58-26)37-39(57-22(7)46)35(55-20(5)44)28(15-50-37)53-18(3)42/h8-11,26-28,34-39,47-48H,12-15H2,1-7H3/t26?,27-,28-,34-,35-,36-,37-,38+,39+/m1/s1. The average Bonchev–Trinajstić information content (AvgIpc) is 3.11. The summed E-state index contributed by atoms with van der Waals surface area (Å²) in [4.78, 5) is 85.6. The molecule has 314 valence electrons. The molecule has 0 aromatic heterocycles. The van der Waals surface area contributed by atoms with Crippen molar-refractivity contribution >= 4 is 41.8 Å². The largest absolute Gasteiger partial charge is 0.507 e. The van der Waals surface area contributed by atoms with E-state index in [0.717, 1.165) is 41.5 Å². The van der Waals surface area contributed by atoms with Crippen molar-refractivity contribution in [2.24, 2.45) is 0 Å². The Morgan fingerprint density at radius 1 is 0.552 bits per heavy atom. The van der Waals surface area contributed by atoms with E-state index in [0.29, 0.717) is 5.56 Å². The van der Waals surface area contributed by atoms with Crippen LogP contribution in [0, 0.1) is 0 Å². The van der Waals surface area contributed by atoms with Crippen LogP contribution in [0.2, 0.25) is 0 Å². The molecule has 58 heavy (non-hydrogen) atoms. The van der Waals surface area contributed by atoms with Crippen molar-refractivity contribution in [3.05, 3.63) is 46.5 Å². The van der Waals surface area contributed by atoms with Crippen molar-refractivity contribution in [1.29, 1.82) is 0 Å². The van der Waals surface area contributed by atoms with Gasteiger partial charge in [0.05, 0.1) is 24.3 Å². The van der Waals surface area contributed by atoms with Crippen LogP contribution in [-0.4, -0.2) is 102 Å². The van der Waals surface area contributed by atoms with Crippen molar-refractivity contribution in [3.8, 4) is 23.0 Å². The first-order valence-corrected chi connectivity index (χ1v) is 18.2. The summed E-state index contributed by atoms with van der Waals surface area (Å²) in [6.45, 7) is 6.80. The molecule has 0 spiro atoms. The number of phenolic OH excluding ortho intramolecular Hbond substituents is 2. The van der Waals surface area contributed by atoms with E-state index in [-0.39, 0.29) is 35.5 Å². The van der Waals surface area contributed by atoms with Crippen LogP contribution in [0.5, 0.6) is 23.0 Å². The van der Waals surface area contributed by atoms with Crippen LogP contribution in [-0.2, 0) is 77.9 Å². The van der Waals surface area contributed by atoms with Gasteiger partial charge in [0.25, 0.3) is 0 Å². The average molecular weight is 817 g/mol.